The minimum absolute atomic E-state index is 0.0585. The Morgan fingerprint density at radius 3 is 2.68 bits per heavy atom. The van der Waals surface area contributed by atoms with Crippen LogP contribution >= 0.6 is 23.1 Å². The van der Waals surface area contributed by atoms with Gasteiger partial charge in [0.25, 0.3) is 0 Å². The summed E-state index contributed by atoms with van der Waals surface area (Å²) in [5.41, 5.74) is 0. The van der Waals surface area contributed by atoms with Crippen LogP contribution in [-0.4, -0.2) is 33.9 Å². The van der Waals surface area contributed by atoms with E-state index in [1.165, 1.54) is 43.9 Å². The van der Waals surface area contributed by atoms with E-state index in [1.54, 1.807) is 11.3 Å². The molecule has 1 aromatic heterocycles. The first-order valence-corrected chi connectivity index (χ1v) is 9.87. The summed E-state index contributed by atoms with van der Waals surface area (Å²) in [6, 6.07) is 0.737. The van der Waals surface area contributed by atoms with Gasteiger partial charge in [-0.2, -0.15) is 0 Å². The summed E-state index contributed by atoms with van der Waals surface area (Å²) >= 11 is 3.00. The van der Waals surface area contributed by atoms with Crippen molar-refractivity contribution in [2.75, 3.05) is 11.1 Å². The maximum absolute atomic E-state index is 11.9. The largest absolute Gasteiger partial charge is 0.357 e. The molecule has 1 aliphatic carbocycles. The summed E-state index contributed by atoms with van der Waals surface area (Å²) < 4.78 is 0.852. The minimum atomic E-state index is 0.0585. The van der Waals surface area contributed by atoms with Gasteiger partial charge in [0.15, 0.2) is 4.34 Å². The molecule has 1 aromatic rings. The van der Waals surface area contributed by atoms with E-state index < -0.39 is 0 Å². The second kappa shape index (κ2) is 8.72. The first-order valence-electron chi connectivity index (χ1n) is 8.07. The first kappa shape index (κ1) is 17.5. The molecule has 1 saturated carbocycles. The molecular weight excluding hydrogens is 316 g/mol. The summed E-state index contributed by atoms with van der Waals surface area (Å²) in [6.07, 6.45) is 6.38. The molecular formula is C15H26N4OS2. The third-order valence-corrected chi connectivity index (χ3v) is 6.04. The molecule has 2 N–H and O–H groups in total. The molecule has 124 valence electrons. The van der Waals surface area contributed by atoms with Gasteiger partial charge in [-0.15, -0.1) is 10.2 Å². The summed E-state index contributed by atoms with van der Waals surface area (Å²) in [5, 5.41) is 15.7. The van der Waals surface area contributed by atoms with Crippen molar-refractivity contribution in [3.05, 3.63) is 0 Å². The van der Waals surface area contributed by atoms with Crippen LogP contribution in [0.1, 0.15) is 52.9 Å². The van der Waals surface area contributed by atoms with E-state index in [0.717, 1.165) is 9.47 Å². The lowest BCUT2D eigenvalue weighted by Gasteiger charge is -2.21. The highest BCUT2D eigenvalue weighted by atomic mass is 32.2. The number of anilines is 1. The van der Waals surface area contributed by atoms with Crippen molar-refractivity contribution in [1.82, 2.24) is 15.5 Å². The Bertz CT molecular complexity index is 472. The predicted octanol–water partition coefficient (Wildman–Crippen LogP) is 3.54. The fourth-order valence-electron chi connectivity index (χ4n) is 2.34. The van der Waals surface area contributed by atoms with Gasteiger partial charge in [0.1, 0.15) is 0 Å². The number of rotatable bonds is 7. The summed E-state index contributed by atoms with van der Waals surface area (Å²) in [7, 11) is 0. The topological polar surface area (TPSA) is 66.9 Å². The molecule has 0 bridgehead atoms. The van der Waals surface area contributed by atoms with E-state index in [1.807, 2.05) is 6.92 Å². The smallest absolute Gasteiger partial charge is 0.230 e. The van der Waals surface area contributed by atoms with Crippen LogP contribution in [0.3, 0.4) is 0 Å². The lowest BCUT2D eigenvalue weighted by atomic mass is 9.96. The molecule has 1 heterocycles. The highest BCUT2D eigenvalue weighted by Gasteiger charge is 2.16. The van der Waals surface area contributed by atoms with Crippen LogP contribution in [0.25, 0.3) is 0 Å². The van der Waals surface area contributed by atoms with Gasteiger partial charge in [-0.1, -0.05) is 56.2 Å². The number of hydrogen-bond acceptors (Lipinski definition) is 6. The van der Waals surface area contributed by atoms with Crippen LogP contribution in [0.5, 0.6) is 0 Å². The third kappa shape index (κ3) is 5.76. The second-order valence-electron chi connectivity index (χ2n) is 6.24. The van der Waals surface area contributed by atoms with Crippen LogP contribution in [0, 0.1) is 5.92 Å². The fourth-order valence-corrected chi connectivity index (χ4v) is 3.98. The molecule has 0 saturated heterocycles. The molecule has 0 unspecified atom stereocenters. The zero-order valence-corrected chi connectivity index (χ0v) is 15.2. The zero-order chi connectivity index (χ0) is 15.9. The third-order valence-electron chi connectivity index (χ3n) is 4.05. The van der Waals surface area contributed by atoms with Gasteiger partial charge in [-0.25, -0.2) is 0 Å². The highest BCUT2D eigenvalue weighted by Crippen LogP contribution is 2.28. The Balaban J connectivity index is 1.73. The molecule has 0 aromatic carbocycles. The van der Waals surface area contributed by atoms with Crippen molar-refractivity contribution >= 4 is 34.1 Å². The van der Waals surface area contributed by atoms with Gasteiger partial charge < -0.3 is 10.6 Å². The van der Waals surface area contributed by atoms with Crippen molar-refractivity contribution in [2.45, 2.75) is 69.3 Å². The van der Waals surface area contributed by atoms with Gasteiger partial charge in [0.2, 0.25) is 11.0 Å². The average Bonchev–Trinajstić information content (AvgIpc) is 2.93. The molecule has 0 radical (unpaired) electrons. The summed E-state index contributed by atoms with van der Waals surface area (Å²) in [6.45, 7) is 6.24. The van der Waals surface area contributed by atoms with Crippen molar-refractivity contribution in [3.8, 4) is 0 Å². The van der Waals surface area contributed by atoms with E-state index in [0.29, 0.717) is 17.7 Å². The van der Waals surface area contributed by atoms with Gasteiger partial charge >= 0.3 is 0 Å². The number of aromatic nitrogens is 2. The quantitative estimate of drug-likeness (QED) is 0.742. The van der Waals surface area contributed by atoms with Crippen molar-refractivity contribution < 1.29 is 4.79 Å². The minimum Gasteiger partial charge on any atom is -0.357 e. The summed E-state index contributed by atoms with van der Waals surface area (Å²) in [5.74, 6) is 0.903. The molecule has 1 aliphatic rings. The van der Waals surface area contributed by atoms with Crippen molar-refractivity contribution in [2.24, 2.45) is 5.92 Å². The molecule has 1 fully saturated rings. The zero-order valence-electron chi connectivity index (χ0n) is 13.6. The second-order valence-corrected chi connectivity index (χ2v) is 8.44. The van der Waals surface area contributed by atoms with Crippen LogP contribution in [-0.2, 0) is 4.79 Å². The Morgan fingerprint density at radius 1 is 1.27 bits per heavy atom. The van der Waals surface area contributed by atoms with Crippen LogP contribution in [0.15, 0.2) is 4.34 Å². The van der Waals surface area contributed by atoms with E-state index in [9.17, 15) is 4.79 Å². The lowest BCUT2D eigenvalue weighted by molar-refractivity contribution is -0.119. The molecule has 0 aliphatic heterocycles. The standard InChI is InChI=1S/C15H26N4OS2/c1-10(2)11(3)16-13(20)9-21-15-19-18-14(22-15)17-12-7-5-4-6-8-12/h10-12H,4-9H2,1-3H3,(H,16,20)(H,17,18)/t11-/m1/s1. The fraction of sp³-hybridized carbons (Fsp3) is 0.800. The molecule has 7 heteroatoms. The number of thioether (sulfide) groups is 1. The number of hydrogen-bond donors (Lipinski definition) is 2. The Labute approximate surface area is 141 Å². The number of carbonyl (C=O) groups excluding carboxylic acids is 1. The molecule has 1 amide bonds. The number of amides is 1. The van der Waals surface area contributed by atoms with Crippen molar-refractivity contribution in [3.63, 3.8) is 0 Å². The maximum atomic E-state index is 11.9. The van der Waals surface area contributed by atoms with E-state index >= 15 is 0 Å². The Hall–Kier alpha value is -0.820. The normalized spacial score (nSPS) is 17.5. The first-order chi connectivity index (χ1) is 10.5. The Kier molecular flexibility index (Phi) is 6.95. The maximum Gasteiger partial charge on any atom is 0.230 e. The molecule has 2 rings (SSSR count). The van der Waals surface area contributed by atoms with Crippen LogP contribution in [0.2, 0.25) is 0 Å². The van der Waals surface area contributed by atoms with Gasteiger partial charge in [-0.3, -0.25) is 4.79 Å². The molecule has 5 nitrogen and oxygen atoms in total. The van der Waals surface area contributed by atoms with E-state index in [-0.39, 0.29) is 11.9 Å². The van der Waals surface area contributed by atoms with Gasteiger partial charge in [0.05, 0.1) is 5.75 Å². The summed E-state index contributed by atoms with van der Waals surface area (Å²) in [4.78, 5) is 11.9. The van der Waals surface area contributed by atoms with Gasteiger partial charge in [0, 0.05) is 12.1 Å². The molecule has 22 heavy (non-hydrogen) atoms. The van der Waals surface area contributed by atoms with E-state index in [4.69, 9.17) is 0 Å². The molecule has 0 spiro atoms. The van der Waals surface area contributed by atoms with Crippen LogP contribution < -0.4 is 10.6 Å². The number of carbonyl (C=O) groups is 1. The predicted molar refractivity (Wildman–Crippen MR) is 93.6 cm³/mol. The van der Waals surface area contributed by atoms with Gasteiger partial charge in [-0.05, 0) is 25.7 Å². The monoisotopic (exact) mass is 342 g/mol. The number of nitrogens with one attached hydrogen (secondary N) is 2. The van der Waals surface area contributed by atoms with Crippen molar-refractivity contribution in [1.29, 1.82) is 0 Å². The SMILES string of the molecule is CC(C)[C@@H](C)NC(=O)CSc1nnc(NC2CCCCC2)s1. The lowest BCUT2D eigenvalue weighted by Crippen LogP contribution is -2.37. The van der Waals surface area contributed by atoms with E-state index in [2.05, 4.69) is 34.7 Å². The molecule has 1 atom stereocenters. The highest BCUT2D eigenvalue weighted by molar-refractivity contribution is 8.01. The van der Waals surface area contributed by atoms with Crippen LogP contribution in [0.4, 0.5) is 5.13 Å². The Morgan fingerprint density at radius 2 is 2.00 bits per heavy atom. The number of nitrogens with zero attached hydrogens (tertiary/aromatic N) is 2. The average molecular weight is 343 g/mol.